The highest BCUT2D eigenvalue weighted by Crippen LogP contribution is 2.30. The summed E-state index contributed by atoms with van der Waals surface area (Å²) in [5, 5.41) is 10.6. The standard InChI is InChI=1S/C18H12.C10H8.C6H6/c1-3-7-15-13(5-1)9-11-18-16-8-4-2-6-14(16)10-12-17(15)18;1-2-6-10-8-4-3-7-9(10)5-1;1-2-4-6-5-3-1/h1-12H;1-8H;1-6H. The lowest BCUT2D eigenvalue weighted by Crippen LogP contribution is -1.79. The normalized spacial score (nSPS) is 10.4. The Hall–Kier alpha value is -4.42. The summed E-state index contributed by atoms with van der Waals surface area (Å²) in [4.78, 5) is 0. The molecular weight excluding hydrogens is 408 g/mol. The molecule has 0 unspecified atom stereocenters. The topological polar surface area (TPSA) is 0 Å². The predicted octanol–water partition coefficient (Wildman–Crippen LogP) is 9.67. The summed E-state index contributed by atoms with van der Waals surface area (Å²) in [5.41, 5.74) is 0. The monoisotopic (exact) mass is 434 g/mol. The lowest BCUT2D eigenvalue weighted by molar-refractivity contribution is 1.72. The van der Waals surface area contributed by atoms with Gasteiger partial charge in [-0.2, -0.15) is 0 Å². The molecule has 0 amide bonds. The Labute approximate surface area is 200 Å². The van der Waals surface area contributed by atoms with Gasteiger partial charge in [-0.05, 0) is 43.1 Å². The zero-order valence-electron chi connectivity index (χ0n) is 19.0. The Bertz CT molecular complexity index is 1480. The third kappa shape index (κ3) is 4.82. The van der Waals surface area contributed by atoms with E-state index in [2.05, 4.69) is 121 Å². The average Bonchev–Trinajstić information content (AvgIpc) is 2.94. The summed E-state index contributed by atoms with van der Waals surface area (Å²) in [5.74, 6) is 0. The molecule has 7 rings (SSSR count). The van der Waals surface area contributed by atoms with Crippen molar-refractivity contribution in [1.82, 2.24) is 0 Å². The van der Waals surface area contributed by atoms with Crippen molar-refractivity contribution in [2.24, 2.45) is 0 Å². The fourth-order valence-corrected chi connectivity index (χ4v) is 4.29. The van der Waals surface area contributed by atoms with Gasteiger partial charge in [-0.3, -0.25) is 0 Å². The molecule has 0 aliphatic carbocycles. The van der Waals surface area contributed by atoms with Gasteiger partial charge in [0.2, 0.25) is 0 Å². The fourth-order valence-electron chi connectivity index (χ4n) is 4.29. The van der Waals surface area contributed by atoms with Gasteiger partial charge in [0, 0.05) is 0 Å². The SMILES string of the molecule is c1ccc2c(c1)ccc1c3ccccc3ccc21.c1ccc2ccccc2c1.c1ccccc1. The summed E-state index contributed by atoms with van der Waals surface area (Å²) in [7, 11) is 0. The average molecular weight is 435 g/mol. The highest BCUT2D eigenvalue weighted by molar-refractivity contribution is 6.17. The summed E-state index contributed by atoms with van der Waals surface area (Å²) >= 11 is 0. The van der Waals surface area contributed by atoms with Gasteiger partial charge in [0.05, 0.1) is 0 Å². The van der Waals surface area contributed by atoms with Gasteiger partial charge >= 0.3 is 0 Å². The number of benzene rings is 7. The molecule has 162 valence electrons. The van der Waals surface area contributed by atoms with Crippen LogP contribution in [0, 0.1) is 0 Å². The Balaban J connectivity index is 0.000000126. The molecule has 0 bridgehead atoms. The summed E-state index contributed by atoms with van der Waals surface area (Å²) < 4.78 is 0. The number of hydrogen-bond acceptors (Lipinski definition) is 0. The van der Waals surface area contributed by atoms with E-state index in [1.165, 1.54) is 43.1 Å². The minimum atomic E-state index is 1.31. The summed E-state index contributed by atoms with van der Waals surface area (Å²) in [6, 6.07) is 54.8. The number of hydrogen-bond donors (Lipinski definition) is 0. The molecule has 34 heavy (non-hydrogen) atoms. The van der Waals surface area contributed by atoms with E-state index in [1.54, 1.807) is 0 Å². The molecule has 0 heterocycles. The molecule has 0 atom stereocenters. The largest absolute Gasteiger partial charge is 0.0623 e. The Morgan fingerprint density at radius 1 is 0.176 bits per heavy atom. The Morgan fingerprint density at radius 2 is 0.471 bits per heavy atom. The highest BCUT2D eigenvalue weighted by Gasteiger charge is 2.03. The van der Waals surface area contributed by atoms with E-state index in [9.17, 15) is 0 Å². The molecule has 0 saturated heterocycles. The molecule has 0 heteroatoms. The molecule has 0 radical (unpaired) electrons. The van der Waals surface area contributed by atoms with E-state index >= 15 is 0 Å². The van der Waals surface area contributed by atoms with Crippen molar-refractivity contribution in [2.75, 3.05) is 0 Å². The lowest BCUT2D eigenvalue weighted by Gasteiger charge is -2.07. The molecule has 0 aliphatic rings. The Kier molecular flexibility index (Phi) is 6.59. The van der Waals surface area contributed by atoms with Crippen LogP contribution < -0.4 is 0 Å². The van der Waals surface area contributed by atoms with E-state index in [1.807, 2.05) is 36.4 Å². The minimum absolute atomic E-state index is 1.31. The van der Waals surface area contributed by atoms with Crippen molar-refractivity contribution in [2.45, 2.75) is 0 Å². The van der Waals surface area contributed by atoms with Gasteiger partial charge in [-0.1, -0.05) is 158 Å². The van der Waals surface area contributed by atoms with Gasteiger partial charge in [-0.15, -0.1) is 0 Å². The van der Waals surface area contributed by atoms with E-state index in [0.717, 1.165) is 0 Å². The van der Waals surface area contributed by atoms with Gasteiger partial charge in [0.25, 0.3) is 0 Å². The molecule has 7 aromatic rings. The van der Waals surface area contributed by atoms with Crippen molar-refractivity contribution in [3.05, 3.63) is 158 Å². The maximum absolute atomic E-state index is 2.24. The second-order valence-electron chi connectivity index (χ2n) is 8.17. The van der Waals surface area contributed by atoms with Gasteiger partial charge < -0.3 is 0 Å². The third-order valence-electron chi connectivity index (χ3n) is 5.98. The van der Waals surface area contributed by atoms with Crippen molar-refractivity contribution in [3.8, 4) is 0 Å². The first-order valence-corrected chi connectivity index (χ1v) is 11.6. The second-order valence-corrected chi connectivity index (χ2v) is 8.17. The van der Waals surface area contributed by atoms with Crippen LogP contribution in [0.15, 0.2) is 158 Å². The molecule has 0 aromatic heterocycles. The van der Waals surface area contributed by atoms with Crippen molar-refractivity contribution in [1.29, 1.82) is 0 Å². The van der Waals surface area contributed by atoms with Crippen LogP contribution >= 0.6 is 0 Å². The van der Waals surface area contributed by atoms with Crippen LogP contribution in [0.2, 0.25) is 0 Å². The zero-order valence-corrected chi connectivity index (χ0v) is 19.0. The zero-order chi connectivity index (χ0) is 23.0. The van der Waals surface area contributed by atoms with Crippen LogP contribution in [-0.4, -0.2) is 0 Å². The van der Waals surface area contributed by atoms with Crippen LogP contribution in [0.5, 0.6) is 0 Å². The maximum atomic E-state index is 2.24. The highest BCUT2D eigenvalue weighted by atomic mass is 14.1. The first kappa shape index (κ1) is 21.4. The van der Waals surface area contributed by atoms with Crippen LogP contribution in [0.25, 0.3) is 43.1 Å². The predicted molar refractivity (Wildman–Crippen MR) is 149 cm³/mol. The second kappa shape index (κ2) is 10.5. The van der Waals surface area contributed by atoms with Crippen molar-refractivity contribution < 1.29 is 0 Å². The molecule has 0 spiro atoms. The Morgan fingerprint density at radius 3 is 0.824 bits per heavy atom. The minimum Gasteiger partial charge on any atom is -0.0623 e. The number of rotatable bonds is 0. The van der Waals surface area contributed by atoms with Crippen LogP contribution in [0.1, 0.15) is 0 Å². The van der Waals surface area contributed by atoms with Gasteiger partial charge in [0.1, 0.15) is 0 Å². The van der Waals surface area contributed by atoms with Gasteiger partial charge in [0.15, 0.2) is 0 Å². The van der Waals surface area contributed by atoms with Crippen LogP contribution in [0.3, 0.4) is 0 Å². The quantitative estimate of drug-likeness (QED) is 0.208. The molecular formula is C34H26. The molecule has 0 N–H and O–H groups in total. The summed E-state index contributed by atoms with van der Waals surface area (Å²) in [6.45, 7) is 0. The maximum Gasteiger partial charge on any atom is -0.00990 e. The molecule has 0 saturated carbocycles. The lowest BCUT2D eigenvalue weighted by atomic mass is 9.97. The van der Waals surface area contributed by atoms with E-state index in [0.29, 0.717) is 0 Å². The van der Waals surface area contributed by atoms with Crippen molar-refractivity contribution in [3.63, 3.8) is 0 Å². The molecule has 0 fully saturated rings. The first-order chi connectivity index (χ1) is 16.9. The molecule has 7 aromatic carbocycles. The third-order valence-corrected chi connectivity index (χ3v) is 5.98. The van der Waals surface area contributed by atoms with E-state index in [4.69, 9.17) is 0 Å². The molecule has 0 aliphatic heterocycles. The van der Waals surface area contributed by atoms with Crippen LogP contribution in [-0.2, 0) is 0 Å². The summed E-state index contributed by atoms with van der Waals surface area (Å²) in [6.07, 6.45) is 0. The van der Waals surface area contributed by atoms with Crippen molar-refractivity contribution >= 4 is 43.1 Å². The first-order valence-electron chi connectivity index (χ1n) is 11.6. The van der Waals surface area contributed by atoms with Crippen LogP contribution in [0.4, 0.5) is 0 Å². The fraction of sp³-hybridized carbons (Fsp3) is 0. The number of fused-ring (bicyclic) bond motifs is 6. The molecule has 0 nitrogen and oxygen atoms in total. The van der Waals surface area contributed by atoms with E-state index < -0.39 is 0 Å². The van der Waals surface area contributed by atoms with E-state index in [-0.39, 0.29) is 0 Å². The van der Waals surface area contributed by atoms with Gasteiger partial charge in [-0.25, -0.2) is 0 Å². The smallest absolute Gasteiger partial charge is 0.00990 e.